The van der Waals surface area contributed by atoms with Crippen molar-refractivity contribution in [2.24, 2.45) is 5.73 Å². The first-order valence-corrected chi connectivity index (χ1v) is 4.54. The fraction of sp³-hybridized carbons (Fsp3) is 0.444. The number of anilines is 1. The Labute approximate surface area is 87.3 Å². The number of halogens is 2. The van der Waals surface area contributed by atoms with E-state index < -0.39 is 11.7 Å². The maximum Gasteiger partial charge on any atom is 0.146 e. The van der Waals surface area contributed by atoms with Gasteiger partial charge in [-0.2, -0.15) is 0 Å². The third-order valence-corrected chi connectivity index (χ3v) is 2.05. The lowest BCUT2D eigenvalue weighted by atomic mass is 9.94. The van der Waals surface area contributed by atoms with E-state index in [1.165, 1.54) is 12.3 Å². The van der Waals surface area contributed by atoms with Gasteiger partial charge in [-0.15, -0.1) is 0 Å². The molecule has 0 saturated heterocycles. The number of hydrogen-bond acceptors (Lipinski definition) is 3. The molecular formula is C9H13ClFN3. The van der Waals surface area contributed by atoms with Crippen LogP contribution in [0.4, 0.5) is 10.2 Å². The van der Waals surface area contributed by atoms with E-state index in [2.05, 4.69) is 4.98 Å². The average molecular weight is 218 g/mol. The molecular weight excluding hydrogens is 205 g/mol. The van der Waals surface area contributed by atoms with Crippen molar-refractivity contribution in [1.82, 2.24) is 4.98 Å². The van der Waals surface area contributed by atoms with Crippen molar-refractivity contribution < 1.29 is 4.39 Å². The van der Waals surface area contributed by atoms with Crippen LogP contribution < -0.4 is 11.5 Å². The fourth-order valence-corrected chi connectivity index (χ4v) is 1.24. The van der Waals surface area contributed by atoms with Crippen molar-refractivity contribution in [3.05, 3.63) is 22.8 Å². The molecule has 14 heavy (non-hydrogen) atoms. The minimum absolute atomic E-state index is 0.125. The predicted octanol–water partition coefficient (Wildman–Crippen LogP) is 2.07. The van der Waals surface area contributed by atoms with E-state index in [9.17, 15) is 4.39 Å². The van der Waals surface area contributed by atoms with Crippen LogP contribution in [-0.4, -0.2) is 10.5 Å². The third-order valence-electron chi connectivity index (χ3n) is 1.84. The Morgan fingerprint density at radius 1 is 1.57 bits per heavy atom. The summed E-state index contributed by atoms with van der Waals surface area (Å²) in [5.41, 5.74) is 10.4. The Morgan fingerprint density at radius 3 is 2.64 bits per heavy atom. The number of alkyl halides is 1. The number of rotatable bonds is 2. The van der Waals surface area contributed by atoms with E-state index in [0.29, 0.717) is 5.02 Å². The lowest BCUT2D eigenvalue weighted by Gasteiger charge is -2.24. The normalized spacial score (nSPS) is 14.1. The molecule has 5 heteroatoms. The first-order valence-electron chi connectivity index (χ1n) is 4.16. The zero-order chi connectivity index (χ0) is 10.9. The largest absolute Gasteiger partial charge is 0.383 e. The van der Waals surface area contributed by atoms with Gasteiger partial charge in [0.05, 0.1) is 5.02 Å². The molecule has 0 bridgehead atoms. The van der Waals surface area contributed by atoms with E-state index in [4.69, 9.17) is 23.1 Å². The van der Waals surface area contributed by atoms with Crippen LogP contribution in [0.25, 0.3) is 0 Å². The van der Waals surface area contributed by atoms with Gasteiger partial charge in [-0.05, 0) is 19.9 Å². The minimum Gasteiger partial charge on any atom is -0.383 e. The van der Waals surface area contributed by atoms with Crippen LogP contribution in [0.5, 0.6) is 0 Å². The summed E-state index contributed by atoms with van der Waals surface area (Å²) in [6.45, 7) is 3.16. The van der Waals surface area contributed by atoms with Crippen molar-refractivity contribution in [2.45, 2.75) is 25.6 Å². The molecule has 0 aliphatic heterocycles. The summed E-state index contributed by atoms with van der Waals surface area (Å²) in [4.78, 5) is 3.76. The smallest absolute Gasteiger partial charge is 0.146 e. The van der Waals surface area contributed by atoms with Gasteiger partial charge in [0.15, 0.2) is 0 Å². The van der Waals surface area contributed by atoms with Crippen molar-refractivity contribution in [2.75, 3.05) is 5.73 Å². The highest BCUT2D eigenvalue weighted by atomic mass is 35.5. The Balaban J connectivity index is 3.12. The van der Waals surface area contributed by atoms with Gasteiger partial charge in [0.25, 0.3) is 0 Å². The summed E-state index contributed by atoms with van der Waals surface area (Å²) in [6.07, 6.45) is -0.00918. The second-order valence-corrected chi connectivity index (χ2v) is 4.25. The topological polar surface area (TPSA) is 64.9 Å². The zero-order valence-corrected chi connectivity index (χ0v) is 8.85. The molecule has 1 heterocycles. The molecule has 4 N–H and O–H groups in total. The number of aromatic nitrogens is 1. The molecule has 78 valence electrons. The quantitative estimate of drug-likeness (QED) is 0.797. The third kappa shape index (κ3) is 2.33. The molecule has 1 aromatic rings. The molecule has 0 amide bonds. The molecule has 3 nitrogen and oxygen atoms in total. The van der Waals surface area contributed by atoms with E-state index in [1.54, 1.807) is 13.8 Å². The van der Waals surface area contributed by atoms with E-state index in [-0.39, 0.29) is 11.4 Å². The van der Waals surface area contributed by atoms with Gasteiger partial charge in [0.1, 0.15) is 12.0 Å². The summed E-state index contributed by atoms with van der Waals surface area (Å²) in [6, 6.07) is 1.45. The van der Waals surface area contributed by atoms with Crippen LogP contribution in [0.15, 0.2) is 12.3 Å². The second kappa shape index (κ2) is 3.71. The Hall–Kier alpha value is -0.870. The molecule has 0 fully saturated rings. The number of nitrogens with zero attached hydrogens (tertiary/aromatic N) is 1. The lowest BCUT2D eigenvalue weighted by molar-refractivity contribution is 0.224. The Bertz CT molecular complexity index is 335. The molecule has 1 atom stereocenters. The van der Waals surface area contributed by atoms with Crippen LogP contribution in [0.1, 0.15) is 25.6 Å². The molecule has 0 spiro atoms. The van der Waals surface area contributed by atoms with E-state index >= 15 is 0 Å². The number of hydrogen-bond donors (Lipinski definition) is 2. The van der Waals surface area contributed by atoms with Crippen molar-refractivity contribution in [3.63, 3.8) is 0 Å². The number of nitrogen functional groups attached to an aromatic ring is 1. The molecule has 1 rings (SSSR count). The van der Waals surface area contributed by atoms with Crippen LogP contribution in [0, 0.1) is 0 Å². The molecule has 1 aromatic heterocycles. The van der Waals surface area contributed by atoms with Crippen molar-refractivity contribution in [3.8, 4) is 0 Å². The molecule has 0 radical (unpaired) electrons. The standard InChI is InChI=1S/C9H13ClFN3/c1-9(2,13)7(11)6-3-5(10)4-14-8(6)12/h3-4,7H,13H2,1-2H3,(H2,12,14). The van der Waals surface area contributed by atoms with E-state index in [0.717, 1.165) is 0 Å². The molecule has 0 aliphatic rings. The number of nitrogens with two attached hydrogens (primary N) is 2. The molecule has 1 unspecified atom stereocenters. The lowest BCUT2D eigenvalue weighted by Crippen LogP contribution is -2.37. The fourth-order valence-electron chi connectivity index (χ4n) is 1.07. The molecule has 0 aliphatic carbocycles. The van der Waals surface area contributed by atoms with Crippen molar-refractivity contribution >= 4 is 17.4 Å². The van der Waals surface area contributed by atoms with Crippen molar-refractivity contribution in [1.29, 1.82) is 0 Å². The highest BCUT2D eigenvalue weighted by Crippen LogP contribution is 2.31. The van der Waals surface area contributed by atoms with Crippen LogP contribution in [-0.2, 0) is 0 Å². The Morgan fingerprint density at radius 2 is 2.14 bits per heavy atom. The van der Waals surface area contributed by atoms with Gasteiger partial charge in [-0.25, -0.2) is 9.37 Å². The predicted molar refractivity (Wildman–Crippen MR) is 55.8 cm³/mol. The van der Waals surface area contributed by atoms with Gasteiger partial charge < -0.3 is 11.5 Å². The summed E-state index contributed by atoms with van der Waals surface area (Å²) in [7, 11) is 0. The van der Waals surface area contributed by atoms with Gasteiger partial charge in [0.2, 0.25) is 0 Å². The van der Waals surface area contributed by atoms with E-state index in [1.807, 2.05) is 0 Å². The highest BCUT2D eigenvalue weighted by Gasteiger charge is 2.28. The summed E-state index contributed by atoms with van der Waals surface area (Å²) >= 11 is 5.69. The molecule has 0 aromatic carbocycles. The maximum atomic E-state index is 13.8. The SMILES string of the molecule is CC(C)(N)C(F)c1cc(Cl)cnc1N. The van der Waals surface area contributed by atoms with Gasteiger partial charge in [-0.1, -0.05) is 11.6 Å². The van der Waals surface area contributed by atoms with Gasteiger partial charge in [0, 0.05) is 17.3 Å². The summed E-state index contributed by atoms with van der Waals surface area (Å²) < 4.78 is 13.8. The summed E-state index contributed by atoms with van der Waals surface area (Å²) in [5.74, 6) is 0.125. The van der Waals surface area contributed by atoms with Crippen LogP contribution >= 0.6 is 11.6 Å². The average Bonchev–Trinajstić information content (AvgIpc) is 2.06. The van der Waals surface area contributed by atoms with Gasteiger partial charge in [-0.3, -0.25) is 0 Å². The zero-order valence-electron chi connectivity index (χ0n) is 8.09. The number of pyridine rings is 1. The van der Waals surface area contributed by atoms with Gasteiger partial charge >= 0.3 is 0 Å². The maximum absolute atomic E-state index is 13.8. The Kier molecular flexibility index (Phi) is 2.97. The van der Waals surface area contributed by atoms with Crippen LogP contribution in [0.3, 0.4) is 0 Å². The highest BCUT2D eigenvalue weighted by molar-refractivity contribution is 6.30. The molecule has 0 saturated carbocycles. The summed E-state index contributed by atoms with van der Waals surface area (Å²) in [5, 5.41) is 0.348. The minimum atomic E-state index is -1.38. The first kappa shape index (κ1) is 11.2. The monoisotopic (exact) mass is 217 g/mol. The van der Waals surface area contributed by atoms with Crippen LogP contribution in [0.2, 0.25) is 5.02 Å². The second-order valence-electron chi connectivity index (χ2n) is 3.81. The first-order chi connectivity index (χ1) is 6.32.